The highest BCUT2D eigenvalue weighted by atomic mass is 35.5. The fourth-order valence-electron chi connectivity index (χ4n) is 3.54. The number of piperidine rings is 1. The number of carbonyl (C=O) groups excluding carboxylic acids is 1. The number of halogens is 2. The number of thioether (sulfide) groups is 1. The van der Waals surface area contributed by atoms with Crippen molar-refractivity contribution in [3.05, 3.63) is 30.1 Å². The van der Waals surface area contributed by atoms with Gasteiger partial charge < -0.3 is 10.2 Å². The fraction of sp³-hybridized carbons (Fsp3) is 0.647. The smallest absolute Gasteiger partial charge is 0.223 e. The van der Waals surface area contributed by atoms with Crippen LogP contribution >= 0.6 is 36.6 Å². The van der Waals surface area contributed by atoms with Crippen molar-refractivity contribution in [1.29, 1.82) is 0 Å². The maximum Gasteiger partial charge on any atom is 0.223 e. The summed E-state index contributed by atoms with van der Waals surface area (Å²) in [7, 11) is 1.99. The quantitative estimate of drug-likeness (QED) is 0.755. The molecule has 2 aliphatic rings. The summed E-state index contributed by atoms with van der Waals surface area (Å²) in [5.41, 5.74) is 1.09. The van der Waals surface area contributed by atoms with Crippen LogP contribution in [0.5, 0.6) is 0 Å². The van der Waals surface area contributed by atoms with E-state index in [9.17, 15) is 4.79 Å². The van der Waals surface area contributed by atoms with Crippen LogP contribution in [0.15, 0.2) is 24.4 Å². The molecule has 2 saturated heterocycles. The number of fused-ring (bicyclic) bond motifs is 2. The van der Waals surface area contributed by atoms with Gasteiger partial charge >= 0.3 is 0 Å². The lowest BCUT2D eigenvalue weighted by Crippen LogP contribution is -2.48. The van der Waals surface area contributed by atoms with Crippen LogP contribution in [0.2, 0.25) is 0 Å². The van der Waals surface area contributed by atoms with Gasteiger partial charge in [0.25, 0.3) is 0 Å². The van der Waals surface area contributed by atoms with E-state index in [0.29, 0.717) is 30.5 Å². The van der Waals surface area contributed by atoms with Crippen molar-refractivity contribution in [1.82, 2.24) is 15.2 Å². The molecule has 3 rings (SSSR count). The summed E-state index contributed by atoms with van der Waals surface area (Å²) in [6, 6.07) is 7.68. The zero-order valence-electron chi connectivity index (χ0n) is 14.0. The normalized spacial score (nSPS) is 24.6. The van der Waals surface area contributed by atoms with Gasteiger partial charge in [0, 0.05) is 49.3 Å². The highest BCUT2D eigenvalue weighted by Crippen LogP contribution is 2.29. The molecular formula is C17H27Cl2N3OS. The fourth-order valence-corrected chi connectivity index (χ4v) is 4.39. The molecule has 1 amide bonds. The molecule has 136 valence electrons. The number of nitrogens with one attached hydrogen (secondary N) is 1. The first-order valence-electron chi connectivity index (χ1n) is 8.21. The van der Waals surface area contributed by atoms with Crippen LogP contribution < -0.4 is 5.32 Å². The maximum atomic E-state index is 12.4. The van der Waals surface area contributed by atoms with Gasteiger partial charge in [0.05, 0.1) is 5.69 Å². The first-order chi connectivity index (χ1) is 10.7. The minimum absolute atomic E-state index is 0. The summed E-state index contributed by atoms with van der Waals surface area (Å²) in [6.45, 7) is 0. The SMILES string of the molecule is CN(C(=O)CCSCc1ccccn1)C1CC2CCC(C1)N2.Cl.Cl. The van der Waals surface area contributed by atoms with Crippen molar-refractivity contribution in [2.24, 2.45) is 0 Å². The number of aromatic nitrogens is 1. The van der Waals surface area contributed by atoms with E-state index in [1.807, 2.05) is 36.3 Å². The zero-order valence-corrected chi connectivity index (χ0v) is 16.5. The van der Waals surface area contributed by atoms with Gasteiger partial charge in [-0.15, -0.1) is 24.8 Å². The van der Waals surface area contributed by atoms with Gasteiger partial charge in [-0.05, 0) is 37.8 Å². The van der Waals surface area contributed by atoms with Crippen LogP contribution in [-0.4, -0.2) is 46.7 Å². The van der Waals surface area contributed by atoms with E-state index >= 15 is 0 Å². The molecule has 1 aromatic heterocycles. The Labute approximate surface area is 161 Å². The molecule has 3 heterocycles. The van der Waals surface area contributed by atoms with E-state index in [-0.39, 0.29) is 24.8 Å². The predicted octanol–water partition coefficient (Wildman–Crippen LogP) is 3.29. The molecule has 4 nitrogen and oxygen atoms in total. The molecule has 2 atom stereocenters. The first-order valence-corrected chi connectivity index (χ1v) is 9.37. The van der Waals surface area contributed by atoms with E-state index in [2.05, 4.69) is 10.3 Å². The molecule has 2 aliphatic heterocycles. The average Bonchev–Trinajstić information content (AvgIpc) is 2.89. The molecule has 2 fully saturated rings. The number of hydrogen-bond acceptors (Lipinski definition) is 4. The molecule has 1 N–H and O–H groups in total. The van der Waals surface area contributed by atoms with Crippen molar-refractivity contribution in [3.8, 4) is 0 Å². The van der Waals surface area contributed by atoms with E-state index in [1.54, 1.807) is 11.8 Å². The number of hydrogen-bond donors (Lipinski definition) is 1. The molecule has 0 aromatic carbocycles. The summed E-state index contributed by atoms with van der Waals surface area (Å²) in [5, 5.41) is 3.64. The zero-order chi connectivity index (χ0) is 15.4. The second-order valence-corrected chi connectivity index (χ2v) is 7.50. The Kier molecular flexibility index (Phi) is 9.42. The Hall–Kier alpha value is -0.490. The van der Waals surface area contributed by atoms with Crippen molar-refractivity contribution in [2.45, 2.75) is 56.0 Å². The Balaban J connectivity index is 0.00000144. The molecule has 2 unspecified atom stereocenters. The summed E-state index contributed by atoms with van der Waals surface area (Å²) in [6.07, 6.45) is 7.26. The van der Waals surface area contributed by atoms with Crippen molar-refractivity contribution < 1.29 is 4.79 Å². The molecule has 1 aromatic rings. The second-order valence-electron chi connectivity index (χ2n) is 6.39. The van der Waals surface area contributed by atoms with Gasteiger partial charge in [-0.3, -0.25) is 9.78 Å². The molecule has 7 heteroatoms. The third-order valence-electron chi connectivity index (χ3n) is 4.83. The lowest BCUT2D eigenvalue weighted by atomic mass is 9.98. The number of pyridine rings is 1. The Morgan fingerprint density at radius 2 is 2.00 bits per heavy atom. The van der Waals surface area contributed by atoms with Crippen LogP contribution in [0.4, 0.5) is 0 Å². The second kappa shape index (κ2) is 10.5. The Morgan fingerprint density at radius 1 is 1.29 bits per heavy atom. The van der Waals surface area contributed by atoms with Crippen molar-refractivity contribution in [2.75, 3.05) is 12.8 Å². The summed E-state index contributed by atoms with van der Waals surface area (Å²) < 4.78 is 0. The van der Waals surface area contributed by atoms with Gasteiger partial charge in [-0.2, -0.15) is 11.8 Å². The largest absolute Gasteiger partial charge is 0.343 e. The summed E-state index contributed by atoms with van der Waals surface area (Å²) in [5.74, 6) is 2.05. The van der Waals surface area contributed by atoms with Gasteiger partial charge in [-0.25, -0.2) is 0 Å². The maximum absolute atomic E-state index is 12.4. The van der Waals surface area contributed by atoms with Crippen molar-refractivity contribution >= 4 is 42.5 Å². The number of rotatable bonds is 6. The molecule has 0 saturated carbocycles. The highest BCUT2D eigenvalue weighted by molar-refractivity contribution is 7.98. The van der Waals surface area contributed by atoms with Crippen LogP contribution in [0, 0.1) is 0 Å². The van der Waals surface area contributed by atoms with E-state index in [1.165, 1.54) is 12.8 Å². The molecule has 0 radical (unpaired) electrons. The van der Waals surface area contributed by atoms with E-state index < -0.39 is 0 Å². The first kappa shape index (κ1) is 21.6. The predicted molar refractivity (Wildman–Crippen MR) is 105 cm³/mol. The van der Waals surface area contributed by atoms with Gasteiger partial charge in [0.1, 0.15) is 0 Å². The average molecular weight is 392 g/mol. The van der Waals surface area contributed by atoms with Crippen LogP contribution in [-0.2, 0) is 10.5 Å². The van der Waals surface area contributed by atoms with Crippen LogP contribution in [0.25, 0.3) is 0 Å². The van der Waals surface area contributed by atoms with E-state index in [4.69, 9.17) is 0 Å². The van der Waals surface area contributed by atoms with Crippen molar-refractivity contribution in [3.63, 3.8) is 0 Å². The van der Waals surface area contributed by atoms with Crippen LogP contribution in [0.3, 0.4) is 0 Å². The Morgan fingerprint density at radius 3 is 2.62 bits per heavy atom. The highest BCUT2D eigenvalue weighted by Gasteiger charge is 2.36. The third-order valence-corrected chi connectivity index (χ3v) is 5.82. The lowest BCUT2D eigenvalue weighted by Gasteiger charge is -2.35. The van der Waals surface area contributed by atoms with Gasteiger partial charge in [0.2, 0.25) is 5.91 Å². The standard InChI is InChI=1S/C17H25N3OS.2ClH/c1-20(16-10-13-5-6-14(11-16)19-13)17(21)7-9-22-12-15-4-2-3-8-18-15;;/h2-4,8,13-14,16,19H,5-7,9-12H2,1H3;2*1H. The van der Waals surface area contributed by atoms with Crippen LogP contribution in [0.1, 0.15) is 37.8 Å². The monoisotopic (exact) mass is 391 g/mol. The topological polar surface area (TPSA) is 45.2 Å². The summed E-state index contributed by atoms with van der Waals surface area (Å²) >= 11 is 1.79. The molecule has 2 bridgehead atoms. The lowest BCUT2D eigenvalue weighted by molar-refractivity contribution is -0.132. The minimum Gasteiger partial charge on any atom is -0.343 e. The van der Waals surface area contributed by atoms with Gasteiger partial charge in [-0.1, -0.05) is 6.07 Å². The minimum atomic E-state index is 0. The number of carbonyl (C=O) groups is 1. The number of amides is 1. The third kappa shape index (κ3) is 5.80. The van der Waals surface area contributed by atoms with Gasteiger partial charge in [0.15, 0.2) is 0 Å². The Bertz CT molecular complexity index is 494. The molecule has 0 aliphatic carbocycles. The summed E-state index contributed by atoms with van der Waals surface area (Å²) in [4.78, 5) is 18.7. The molecule has 0 spiro atoms. The number of nitrogens with zero attached hydrogens (tertiary/aromatic N) is 2. The molecule has 24 heavy (non-hydrogen) atoms. The molecular weight excluding hydrogens is 365 g/mol. The van der Waals surface area contributed by atoms with E-state index in [0.717, 1.165) is 30.0 Å².